The first-order valence-electron chi connectivity index (χ1n) is 10.1. The van der Waals surface area contributed by atoms with Crippen molar-refractivity contribution in [2.24, 2.45) is 0 Å². The van der Waals surface area contributed by atoms with Gasteiger partial charge in [0.2, 0.25) is 0 Å². The minimum Gasteiger partial charge on any atom is -0.456 e. The van der Waals surface area contributed by atoms with Gasteiger partial charge >= 0.3 is 0 Å². The fraction of sp³-hybridized carbons (Fsp3) is 0.167. The third kappa shape index (κ3) is 3.39. The Hall–Kier alpha value is -2.98. The van der Waals surface area contributed by atoms with E-state index in [0.717, 1.165) is 33.0 Å². The molecule has 1 heterocycles. The molecule has 2 atom stereocenters. The van der Waals surface area contributed by atoms with Crippen molar-refractivity contribution in [1.82, 2.24) is 0 Å². The molecule has 9 heteroatoms. The zero-order valence-corrected chi connectivity index (χ0v) is 19.3. The van der Waals surface area contributed by atoms with Gasteiger partial charge in [-0.3, -0.25) is 9.11 Å². The summed E-state index contributed by atoms with van der Waals surface area (Å²) in [6, 6.07) is 7.40. The molecule has 33 heavy (non-hydrogen) atoms. The Labute approximate surface area is 190 Å². The summed E-state index contributed by atoms with van der Waals surface area (Å²) in [6.45, 7) is 2.83. The molecule has 3 aromatic rings. The molecule has 1 aromatic heterocycles. The third-order valence-electron chi connectivity index (χ3n) is 6.37. The Bertz CT molecular complexity index is 1560. The van der Waals surface area contributed by atoms with Crippen LogP contribution >= 0.6 is 0 Å². The average molecular weight is 485 g/mol. The monoisotopic (exact) mass is 484 g/mol. The van der Waals surface area contributed by atoms with E-state index in [1.807, 2.05) is 24.3 Å². The van der Waals surface area contributed by atoms with Crippen molar-refractivity contribution >= 4 is 66.5 Å². The number of hydrogen-bond donors (Lipinski definition) is 2. The second-order valence-electron chi connectivity index (χ2n) is 8.71. The van der Waals surface area contributed by atoms with Gasteiger partial charge in [0.05, 0.1) is 0 Å². The minimum atomic E-state index is -4.34. The summed E-state index contributed by atoms with van der Waals surface area (Å²) in [5.74, 6) is 0. The zero-order valence-electron chi connectivity index (χ0n) is 17.7. The zero-order chi connectivity index (χ0) is 23.8. The van der Waals surface area contributed by atoms with Gasteiger partial charge in [-0.05, 0) is 60.4 Å². The van der Waals surface area contributed by atoms with Crippen molar-refractivity contribution in [2.75, 3.05) is 0 Å². The summed E-state index contributed by atoms with van der Waals surface area (Å²) in [5, 5.41) is 1.61. The Morgan fingerprint density at radius 3 is 1.21 bits per heavy atom. The highest BCUT2D eigenvalue weighted by Gasteiger charge is 2.34. The molecular formula is C24H20O7S2. The van der Waals surface area contributed by atoms with E-state index in [1.54, 1.807) is 24.3 Å². The van der Waals surface area contributed by atoms with E-state index in [9.17, 15) is 25.9 Å². The molecule has 2 aliphatic carbocycles. The number of fused-ring (bicyclic) bond motifs is 5. The molecule has 2 aromatic carbocycles. The lowest BCUT2D eigenvalue weighted by molar-refractivity contribution is 0.465. The molecule has 170 valence electrons. The lowest BCUT2D eigenvalue weighted by Crippen LogP contribution is -2.29. The SMILES string of the molecule is CC1(S(=O)(=O)O)C=Cc2cc3oc4cc5c(cc4c3cc2C=C1)C=CC(C)(S(=O)(=O)O)C=C5. The van der Waals surface area contributed by atoms with E-state index in [2.05, 4.69) is 0 Å². The van der Waals surface area contributed by atoms with Crippen molar-refractivity contribution in [3.05, 3.63) is 70.8 Å². The van der Waals surface area contributed by atoms with Crippen LogP contribution in [0.15, 0.2) is 53.0 Å². The molecular weight excluding hydrogens is 464 g/mol. The van der Waals surface area contributed by atoms with Gasteiger partial charge in [0.15, 0.2) is 0 Å². The van der Waals surface area contributed by atoms with E-state index in [-0.39, 0.29) is 0 Å². The predicted octanol–water partition coefficient (Wildman–Crippen LogP) is 4.96. The predicted molar refractivity (Wildman–Crippen MR) is 130 cm³/mol. The standard InChI is InChI=1S/C24H20O7S2/c1-23(32(25,26)27)7-3-15-11-19-20-12-16-4-8-24(2,33(28,29)30)10-6-18(16)14-22(20)31-21(19)13-17(15)5-9-23/h3-14H,1-2H3,(H,25,26,27)(H,28,29,30). The lowest BCUT2D eigenvalue weighted by Gasteiger charge is -2.16. The highest BCUT2D eigenvalue weighted by molar-refractivity contribution is 7.87. The van der Waals surface area contributed by atoms with Crippen LogP contribution in [0.3, 0.4) is 0 Å². The maximum Gasteiger partial charge on any atom is 0.277 e. The Balaban J connectivity index is 1.68. The van der Waals surface area contributed by atoms with Crippen LogP contribution in [0.25, 0.3) is 46.2 Å². The Morgan fingerprint density at radius 2 is 0.909 bits per heavy atom. The smallest absolute Gasteiger partial charge is 0.277 e. The van der Waals surface area contributed by atoms with Gasteiger partial charge in [-0.1, -0.05) is 48.6 Å². The largest absolute Gasteiger partial charge is 0.456 e. The molecule has 5 rings (SSSR count). The summed E-state index contributed by atoms with van der Waals surface area (Å²) in [7, 11) is -8.68. The summed E-state index contributed by atoms with van der Waals surface area (Å²) < 4.78 is 69.4. The van der Waals surface area contributed by atoms with Crippen molar-refractivity contribution < 1.29 is 30.4 Å². The molecule has 0 saturated carbocycles. The Morgan fingerprint density at radius 1 is 0.606 bits per heavy atom. The van der Waals surface area contributed by atoms with E-state index >= 15 is 0 Å². The van der Waals surface area contributed by atoms with Crippen LogP contribution in [0, 0.1) is 0 Å². The van der Waals surface area contributed by atoms with Crippen LogP contribution in [0.1, 0.15) is 36.1 Å². The van der Waals surface area contributed by atoms with E-state index < -0.39 is 29.7 Å². The van der Waals surface area contributed by atoms with Crippen LogP contribution in [0.2, 0.25) is 0 Å². The van der Waals surface area contributed by atoms with Crippen molar-refractivity contribution in [1.29, 1.82) is 0 Å². The second-order valence-corrected chi connectivity index (χ2v) is 12.4. The molecule has 0 spiro atoms. The maximum atomic E-state index is 11.8. The van der Waals surface area contributed by atoms with Crippen LogP contribution in [-0.2, 0) is 20.2 Å². The van der Waals surface area contributed by atoms with Gasteiger partial charge in [-0.2, -0.15) is 16.8 Å². The van der Waals surface area contributed by atoms with Gasteiger partial charge in [0.25, 0.3) is 20.2 Å². The quantitative estimate of drug-likeness (QED) is 0.493. The first-order valence-corrected chi connectivity index (χ1v) is 12.9. The average Bonchev–Trinajstić information content (AvgIpc) is 2.83. The number of hydrogen-bond acceptors (Lipinski definition) is 5. The van der Waals surface area contributed by atoms with Gasteiger partial charge < -0.3 is 4.42 Å². The first-order chi connectivity index (χ1) is 15.3. The highest BCUT2D eigenvalue weighted by atomic mass is 32.2. The van der Waals surface area contributed by atoms with E-state index in [1.165, 1.54) is 38.2 Å². The van der Waals surface area contributed by atoms with Gasteiger partial charge in [0, 0.05) is 10.8 Å². The molecule has 2 N–H and O–H groups in total. The Kier molecular flexibility index (Phi) is 4.48. The summed E-state index contributed by atoms with van der Waals surface area (Å²) in [6.07, 6.45) is 12.4. The topological polar surface area (TPSA) is 122 Å². The molecule has 2 unspecified atom stereocenters. The molecule has 0 fully saturated rings. The van der Waals surface area contributed by atoms with E-state index in [4.69, 9.17) is 4.42 Å². The number of rotatable bonds is 2. The van der Waals surface area contributed by atoms with Crippen molar-refractivity contribution in [3.8, 4) is 0 Å². The first kappa shape index (κ1) is 21.8. The second kappa shape index (κ2) is 6.77. The molecule has 2 aliphatic rings. The van der Waals surface area contributed by atoms with Crippen LogP contribution in [0.5, 0.6) is 0 Å². The van der Waals surface area contributed by atoms with Gasteiger partial charge in [-0.15, -0.1) is 0 Å². The number of furan rings is 1. The summed E-state index contributed by atoms with van der Waals surface area (Å²) in [5.41, 5.74) is 4.23. The molecule has 0 saturated heterocycles. The van der Waals surface area contributed by atoms with Crippen LogP contribution < -0.4 is 0 Å². The summed E-state index contributed by atoms with van der Waals surface area (Å²) >= 11 is 0. The molecule has 0 bridgehead atoms. The van der Waals surface area contributed by atoms with Gasteiger partial charge in [-0.25, -0.2) is 0 Å². The third-order valence-corrected chi connectivity index (χ3v) is 9.14. The molecule has 0 radical (unpaired) electrons. The molecule has 0 aliphatic heterocycles. The van der Waals surface area contributed by atoms with Crippen LogP contribution in [0.4, 0.5) is 0 Å². The molecule has 7 nitrogen and oxygen atoms in total. The summed E-state index contributed by atoms with van der Waals surface area (Å²) in [4.78, 5) is 0. The minimum absolute atomic E-state index is 0.605. The fourth-order valence-electron chi connectivity index (χ4n) is 3.99. The number of benzene rings is 2. The van der Waals surface area contributed by atoms with Crippen molar-refractivity contribution in [3.63, 3.8) is 0 Å². The highest BCUT2D eigenvalue weighted by Crippen LogP contribution is 2.37. The lowest BCUT2D eigenvalue weighted by atomic mass is 10.0. The fourth-order valence-corrected chi connectivity index (χ4v) is 4.95. The molecule has 0 amide bonds. The maximum absolute atomic E-state index is 11.8. The van der Waals surface area contributed by atoms with Crippen molar-refractivity contribution in [2.45, 2.75) is 23.3 Å². The van der Waals surface area contributed by atoms with Gasteiger partial charge in [0.1, 0.15) is 20.7 Å². The normalized spacial score (nSPS) is 24.6. The van der Waals surface area contributed by atoms with E-state index in [0.29, 0.717) is 11.2 Å². The van der Waals surface area contributed by atoms with Crippen LogP contribution in [-0.4, -0.2) is 35.4 Å².